The fourth-order valence-corrected chi connectivity index (χ4v) is 3.29. The number of hydrogen-bond donors (Lipinski definition) is 2. The monoisotopic (exact) mass is 388 g/mol. The predicted molar refractivity (Wildman–Crippen MR) is 84.8 cm³/mol. The molecule has 0 aromatic heterocycles. The van der Waals surface area contributed by atoms with Gasteiger partial charge in [-0.3, -0.25) is 4.79 Å². The van der Waals surface area contributed by atoms with Gasteiger partial charge in [0, 0.05) is 18.2 Å². The average Bonchev–Trinajstić information content (AvgIpc) is 2.96. The highest BCUT2D eigenvalue weighted by Gasteiger charge is 2.48. The van der Waals surface area contributed by atoms with Gasteiger partial charge in [-0.2, -0.15) is 26.3 Å². The minimum Gasteiger partial charge on any atom is -0.366 e. The number of nitrogens with two attached hydrogens (primary N) is 1. The molecule has 0 radical (unpaired) electrons. The Bertz CT molecular complexity index is 858. The van der Waals surface area contributed by atoms with E-state index in [1.54, 1.807) is 0 Å². The highest BCUT2D eigenvalue weighted by atomic mass is 19.4. The van der Waals surface area contributed by atoms with Crippen molar-refractivity contribution in [3.8, 4) is 0 Å². The van der Waals surface area contributed by atoms with Crippen molar-refractivity contribution in [1.29, 1.82) is 0 Å². The largest absolute Gasteiger partial charge is 0.416 e. The fourth-order valence-electron chi connectivity index (χ4n) is 3.29. The van der Waals surface area contributed by atoms with Crippen molar-refractivity contribution in [2.24, 2.45) is 5.73 Å². The molecule has 0 aliphatic carbocycles. The van der Waals surface area contributed by atoms with E-state index in [2.05, 4.69) is 5.32 Å². The number of nitrogens with one attached hydrogen (secondary N) is 1. The normalized spacial score (nSPS) is 18.2. The fraction of sp³-hybridized carbons (Fsp3) is 0.278. The Morgan fingerprint density at radius 2 is 1.67 bits per heavy atom. The number of primary amides is 1. The second-order valence-electron chi connectivity index (χ2n) is 6.28. The molecule has 1 heterocycles. The summed E-state index contributed by atoms with van der Waals surface area (Å²) in [6.45, 7) is 0.0916. The van der Waals surface area contributed by atoms with Crippen molar-refractivity contribution >= 4 is 5.91 Å². The van der Waals surface area contributed by atoms with E-state index in [0.717, 1.165) is 12.1 Å². The molecule has 1 unspecified atom stereocenters. The molecule has 3 N–H and O–H groups in total. The summed E-state index contributed by atoms with van der Waals surface area (Å²) in [6, 6.07) is 5.94. The Hall–Kier alpha value is -2.55. The quantitative estimate of drug-likeness (QED) is 0.771. The third-order valence-corrected chi connectivity index (χ3v) is 4.56. The molecule has 3 rings (SSSR count). The van der Waals surface area contributed by atoms with Crippen LogP contribution in [0.25, 0.3) is 0 Å². The van der Waals surface area contributed by atoms with Gasteiger partial charge in [-0.1, -0.05) is 18.2 Å². The minimum absolute atomic E-state index is 0.0916. The maximum absolute atomic E-state index is 13.8. The number of carbonyl (C=O) groups excluding carboxylic acids is 1. The van der Waals surface area contributed by atoms with Crippen LogP contribution in [0.5, 0.6) is 0 Å². The lowest BCUT2D eigenvalue weighted by Gasteiger charge is -2.28. The summed E-state index contributed by atoms with van der Waals surface area (Å²) in [5, 5.41) is 2.74. The van der Waals surface area contributed by atoms with Crippen molar-refractivity contribution in [2.45, 2.75) is 30.9 Å². The Morgan fingerprint density at radius 1 is 1.04 bits per heavy atom. The lowest BCUT2D eigenvalue weighted by Crippen LogP contribution is -2.32. The number of carbonyl (C=O) groups is 1. The Labute approximate surface area is 150 Å². The zero-order valence-electron chi connectivity index (χ0n) is 13.7. The minimum atomic E-state index is -4.69. The van der Waals surface area contributed by atoms with E-state index < -0.39 is 35.8 Å². The van der Waals surface area contributed by atoms with Crippen molar-refractivity contribution < 1.29 is 31.1 Å². The van der Waals surface area contributed by atoms with Crippen LogP contribution < -0.4 is 11.1 Å². The van der Waals surface area contributed by atoms with Crippen LogP contribution in [0.1, 0.15) is 44.6 Å². The smallest absolute Gasteiger partial charge is 0.366 e. The summed E-state index contributed by atoms with van der Waals surface area (Å²) in [5.41, 5.74) is 4.90. The number of alkyl halides is 6. The lowest BCUT2D eigenvalue weighted by atomic mass is 9.86. The molecule has 1 aliphatic rings. The Kier molecular flexibility index (Phi) is 4.67. The van der Waals surface area contributed by atoms with Gasteiger partial charge in [0.15, 0.2) is 0 Å². The number of rotatable bonds is 3. The SMILES string of the molecule is NC(=O)c1ccc2c(c1)CNC2[C@@H](c1ccc(C(F)(F)F)cc1)C(F)(F)F. The number of fused-ring (bicyclic) bond motifs is 1. The molecular formula is C18H14F6N2O. The molecular weight excluding hydrogens is 374 g/mol. The van der Waals surface area contributed by atoms with Gasteiger partial charge in [0.25, 0.3) is 0 Å². The van der Waals surface area contributed by atoms with Gasteiger partial charge in [0.1, 0.15) is 0 Å². The third-order valence-electron chi connectivity index (χ3n) is 4.56. The van der Waals surface area contributed by atoms with Crippen LogP contribution in [-0.2, 0) is 12.7 Å². The number of halogens is 6. The van der Waals surface area contributed by atoms with Crippen LogP contribution in [-0.4, -0.2) is 12.1 Å². The van der Waals surface area contributed by atoms with E-state index >= 15 is 0 Å². The Morgan fingerprint density at radius 3 is 2.19 bits per heavy atom. The van der Waals surface area contributed by atoms with Gasteiger partial charge in [-0.05, 0) is 41.0 Å². The van der Waals surface area contributed by atoms with Crippen LogP contribution in [0.2, 0.25) is 0 Å². The van der Waals surface area contributed by atoms with Crippen LogP contribution >= 0.6 is 0 Å². The maximum atomic E-state index is 13.8. The predicted octanol–water partition coefficient (Wildman–Crippen LogP) is 4.29. The first-order chi connectivity index (χ1) is 12.5. The summed E-state index contributed by atoms with van der Waals surface area (Å²) in [6.07, 6.45) is -9.32. The second-order valence-corrected chi connectivity index (χ2v) is 6.28. The molecule has 144 valence electrons. The topological polar surface area (TPSA) is 55.1 Å². The highest BCUT2D eigenvalue weighted by Crippen LogP contribution is 2.47. The van der Waals surface area contributed by atoms with E-state index in [4.69, 9.17) is 5.73 Å². The van der Waals surface area contributed by atoms with Gasteiger partial charge in [0.05, 0.1) is 11.5 Å². The van der Waals surface area contributed by atoms with Crippen LogP contribution in [0.4, 0.5) is 26.3 Å². The zero-order valence-corrected chi connectivity index (χ0v) is 13.7. The van der Waals surface area contributed by atoms with E-state index in [0.29, 0.717) is 23.3 Å². The van der Waals surface area contributed by atoms with Gasteiger partial charge in [0.2, 0.25) is 5.91 Å². The molecule has 0 spiro atoms. The van der Waals surface area contributed by atoms with Gasteiger partial charge in [-0.25, -0.2) is 0 Å². The number of hydrogen-bond acceptors (Lipinski definition) is 2. The summed E-state index contributed by atoms with van der Waals surface area (Å²) in [7, 11) is 0. The summed E-state index contributed by atoms with van der Waals surface area (Å²) < 4.78 is 79.3. The second kappa shape index (κ2) is 6.56. The molecule has 2 atom stereocenters. The molecule has 2 aromatic rings. The first-order valence-corrected chi connectivity index (χ1v) is 7.88. The molecule has 1 aliphatic heterocycles. The molecule has 0 bridgehead atoms. The summed E-state index contributed by atoms with van der Waals surface area (Å²) in [4.78, 5) is 11.2. The summed E-state index contributed by atoms with van der Waals surface area (Å²) >= 11 is 0. The highest BCUT2D eigenvalue weighted by molar-refractivity contribution is 5.93. The van der Waals surface area contributed by atoms with Gasteiger partial charge >= 0.3 is 12.4 Å². The molecule has 9 heteroatoms. The van der Waals surface area contributed by atoms with Gasteiger partial charge in [-0.15, -0.1) is 0 Å². The first-order valence-electron chi connectivity index (χ1n) is 7.88. The lowest BCUT2D eigenvalue weighted by molar-refractivity contribution is -0.157. The van der Waals surface area contributed by atoms with Crippen molar-refractivity contribution in [3.63, 3.8) is 0 Å². The standard InChI is InChI=1S/C18H14F6N2O/c19-17(20,21)12-4-1-9(2-5-12)14(18(22,23)24)15-13-6-3-10(16(25)27)7-11(13)8-26-15/h1-7,14-15,26H,8H2,(H2,25,27)/t14-,15?/m1/s1. The zero-order chi connectivity index (χ0) is 20.0. The Balaban J connectivity index is 2.00. The third kappa shape index (κ3) is 3.78. The van der Waals surface area contributed by atoms with E-state index in [1.807, 2.05) is 0 Å². The molecule has 0 saturated heterocycles. The van der Waals surface area contributed by atoms with E-state index in [-0.39, 0.29) is 17.7 Å². The van der Waals surface area contributed by atoms with Crippen LogP contribution in [0.15, 0.2) is 42.5 Å². The maximum Gasteiger partial charge on any atom is 0.416 e. The average molecular weight is 388 g/mol. The molecule has 27 heavy (non-hydrogen) atoms. The molecule has 2 aromatic carbocycles. The summed E-state index contributed by atoms with van der Waals surface area (Å²) in [5.74, 6) is -2.74. The van der Waals surface area contributed by atoms with Crippen molar-refractivity contribution in [1.82, 2.24) is 5.32 Å². The van der Waals surface area contributed by atoms with Gasteiger partial charge < -0.3 is 11.1 Å². The molecule has 0 saturated carbocycles. The van der Waals surface area contributed by atoms with Crippen LogP contribution in [0.3, 0.4) is 0 Å². The van der Waals surface area contributed by atoms with Crippen LogP contribution in [0, 0.1) is 0 Å². The van der Waals surface area contributed by atoms with E-state index in [1.165, 1.54) is 18.2 Å². The number of amides is 1. The first kappa shape index (κ1) is 19.2. The van der Waals surface area contributed by atoms with E-state index in [9.17, 15) is 31.1 Å². The molecule has 1 amide bonds. The molecule has 0 fully saturated rings. The van der Waals surface area contributed by atoms with Crippen molar-refractivity contribution in [2.75, 3.05) is 0 Å². The number of benzene rings is 2. The van der Waals surface area contributed by atoms with Crippen molar-refractivity contribution in [3.05, 3.63) is 70.3 Å². The molecule has 3 nitrogen and oxygen atoms in total.